The van der Waals surface area contributed by atoms with Gasteiger partial charge >= 0.3 is 5.97 Å². The summed E-state index contributed by atoms with van der Waals surface area (Å²) in [4.78, 5) is 45.3. The smallest absolute Gasteiger partial charge is 0.303 e. The fraction of sp³-hybridized carbons (Fsp3) is 0.130. The number of aromatic amines is 2. The second kappa shape index (κ2) is 8.76. The molecule has 0 aliphatic heterocycles. The molecule has 4 rings (SSSR count). The number of fused-ring (bicyclic) bond motifs is 1. The maximum Gasteiger partial charge on any atom is 0.303 e. The van der Waals surface area contributed by atoms with E-state index < -0.39 is 5.97 Å². The highest BCUT2D eigenvalue weighted by atomic mass is 16.4. The number of carbonyl (C=O) groups is 2. The summed E-state index contributed by atoms with van der Waals surface area (Å²) in [5.41, 5.74) is 9.21. The maximum atomic E-state index is 12.7. The van der Waals surface area contributed by atoms with Crippen LogP contribution in [-0.4, -0.2) is 31.9 Å². The van der Waals surface area contributed by atoms with Gasteiger partial charge in [0.2, 0.25) is 5.95 Å². The number of anilines is 2. The minimum Gasteiger partial charge on any atom is -0.481 e. The van der Waals surface area contributed by atoms with Crippen molar-refractivity contribution in [3.8, 4) is 0 Å². The van der Waals surface area contributed by atoms with Gasteiger partial charge < -0.3 is 21.1 Å². The third-order valence-corrected chi connectivity index (χ3v) is 5.13. The van der Waals surface area contributed by atoms with Gasteiger partial charge in [-0.05, 0) is 47.7 Å². The van der Waals surface area contributed by atoms with E-state index >= 15 is 0 Å². The van der Waals surface area contributed by atoms with E-state index in [2.05, 4.69) is 20.3 Å². The number of aryl methyl sites for hydroxylation is 1. The molecule has 2 aromatic heterocycles. The number of carbonyl (C=O) groups excluding carboxylic acids is 1. The molecule has 9 heteroatoms. The molecule has 9 nitrogen and oxygen atoms in total. The van der Waals surface area contributed by atoms with Crippen molar-refractivity contribution in [2.45, 2.75) is 19.3 Å². The third kappa shape index (κ3) is 4.51. The number of nitrogens with two attached hydrogens (primary N) is 1. The largest absolute Gasteiger partial charge is 0.481 e. The van der Waals surface area contributed by atoms with Crippen LogP contribution in [0.3, 0.4) is 0 Å². The van der Waals surface area contributed by atoms with Crippen LogP contribution in [0.15, 0.2) is 59.5 Å². The topological polar surface area (TPSA) is 154 Å². The molecule has 0 spiro atoms. The van der Waals surface area contributed by atoms with Gasteiger partial charge in [0.15, 0.2) is 0 Å². The first-order valence-corrected chi connectivity index (χ1v) is 9.96. The number of nitrogens with one attached hydrogen (secondary N) is 3. The third-order valence-electron chi connectivity index (χ3n) is 5.13. The summed E-state index contributed by atoms with van der Waals surface area (Å²) in [6.45, 7) is 0. The summed E-state index contributed by atoms with van der Waals surface area (Å²) in [5.74, 6) is -1.13. The van der Waals surface area contributed by atoms with Crippen molar-refractivity contribution < 1.29 is 14.7 Å². The molecular weight excluding hydrogens is 410 g/mol. The van der Waals surface area contributed by atoms with Crippen LogP contribution in [-0.2, 0) is 17.6 Å². The van der Waals surface area contributed by atoms with Crippen LogP contribution in [0, 0.1) is 0 Å². The Bertz CT molecular complexity index is 1360. The van der Waals surface area contributed by atoms with Gasteiger partial charge in [-0.25, -0.2) is 0 Å². The minimum absolute atomic E-state index is 0.0135. The van der Waals surface area contributed by atoms with E-state index in [1.165, 1.54) is 0 Å². The number of H-pyrrole nitrogens is 2. The zero-order valence-corrected chi connectivity index (χ0v) is 17.0. The lowest BCUT2D eigenvalue weighted by Gasteiger charge is -2.11. The molecule has 0 bridgehead atoms. The normalized spacial score (nSPS) is 10.9. The number of aliphatic carboxylic acids is 1. The quantitative estimate of drug-likeness (QED) is 0.303. The Morgan fingerprint density at radius 1 is 1.06 bits per heavy atom. The van der Waals surface area contributed by atoms with Gasteiger partial charge in [0, 0.05) is 23.9 Å². The van der Waals surface area contributed by atoms with Gasteiger partial charge in [0.1, 0.15) is 5.65 Å². The van der Waals surface area contributed by atoms with Crippen LogP contribution in [0.25, 0.3) is 11.0 Å². The lowest BCUT2D eigenvalue weighted by Crippen LogP contribution is -2.14. The highest BCUT2D eigenvalue weighted by Crippen LogP contribution is 2.20. The molecule has 0 radical (unpaired) electrons. The van der Waals surface area contributed by atoms with Crippen molar-refractivity contribution in [3.05, 3.63) is 87.3 Å². The van der Waals surface area contributed by atoms with E-state index in [1.54, 1.807) is 42.6 Å². The molecule has 0 aliphatic carbocycles. The van der Waals surface area contributed by atoms with Crippen molar-refractivity contribution in [1.82, 2.24) is 15.0 Å². The number of hydrogen-bond donors (Lipinski definition) is 5. The zero-order valence-electron chi connectivity index (χ0n) is 17.0. The number of carboxylic acid groups (broad SMARTS) is 1. The molecule has 0 unspecified atom stereocenters. The lowest BCUT2D eigenvalue weighted by molar-refractivity contribution is -0.136. The second-order valence-corrected chi connectivity index (χ2v) is 7.37. The van der Waals surface area contributed by atoms with Crippen LogP contribution in [0.2, 0.25) is 0 Å². The fourth-order valence-corrected chi connectivity index (χ4v) is 3.55. The van der Waals surface area contributed by atoms with Crippen LogP contribution in [0.1, 0.15) is 33.5 Å². The minimum atomic E-state index is -0.891. The average molecular weight is 431 g/mol. The molecule has 1 amide bonds. The first kappa shape index (κ1) is 20.9. The summed E-state index contributed by atoms with van der Waals surface area (Å²) in [6, 6.07) is 14.2. The van der Waals surface area contributed by atoms with E-state index in [0.29, 0.717) is 35.1 Å². The number of amides is 1. The average Bonchev–Trinajstić information content (AvgIpc) is 3.16. The van der Waals surface area contributed by atoms with Gasteiger partial charge in [-0.2, -0.15) is 4.98 Å². The Balaban J connectivity index is 1.48. The number of carboxylic acids is 1. The molecule has 4 aromatic rings. The van der Waals surface area contributed by atoms with Gasteiger partial charge in [0.05, 0.1) is 5.39 Å². The van der Waals surface area contributed by atoms with Crippen molar-refractivity contribution >= 4 is 34.5 Å². The number of hydrogen-bond acceptors (Lipinski definition) is 5. The van der Waals surface area contributed by atoms with Crippen LogP contribution in [0.5, 0.6) is 0 Å². The molecule has 0 aliphatic rings. The van der Waals surface area contributed by atoms with Crippen molar-refractivity contribution in [2.24, 2.45) is 0 Å². The molecule has 0 fully saturated rings. The zero-order chi connectivity index (χ0) is 22.7. The summed E-state index contributed by atoms with van der Waals surface area (Å²) < 4.78 is 0. The highest BCUT2D eigenvalue weighted by molar-refractivity contribution is 6.04. The summed E-state index contributed by atoms with van der Waals surface area (Å²) in [6.07, 6.45) is 2.52. The van der Waals surface area contributed by atoms with E-state index in [4.69, 9.17) is 10.8 Å². The lowest BCUT2D eigenvalue weighted by atomic mass is 10.0. The highest BCUT2D eigenvalue weighted by Gasteiger charge is 2.13. The first-order valence-electron chi connectivity index (χ1n) is 9.96. The molecule has 2 heterocycles. The van der Waals surface area contributed by atoms with E-state index in [0.717, 1.165) is 16.7 Å². The summed E-state index contributed by atoms with van der Waals surface area (Å²) in [5, 5.41) is 12.2. The van der Waals surface area contributed by atoms with Gasteiger partial charge in [-0.1, -0.05) is 30.3 Å². The van der Waals surface area contributed by atoms with E-state index in [-0.39, 0.29) is 23.8 Å². The number of benzene rings is 2. The Kier molecular flexibility index (Phi) is 5.71. The number of nitrogens with zero attached hydrogens (tertiary/aromatic N) is 1. The number of para-hydroxylation sites is 1. The van der Waals surface area contributed by atoms with Gasteiger partial charge in [-0.15, -0.1) is 0 Å². The van der Waals surface area contributed by atoms with E-state index in [9.17, 15) is 14.4 Å². The molecule has 2 aromatic carbocycles. The van der Waals surface area contributed by atoms with Crippen LogP contribution >= 0.6 is 0 Å². The molecule has 0 atom stereocenters. The fourth-order valence-electron chi connectivity index (χ4n) is 3.55. The second-order valence-electron chi connectivity index (χ2n) is 7.37. The molecule has 162 valence electrons. The number of nitrogen functional groups attached to an aromatic ring is 1. The van der Waals surface area contributed by atoms with Crippen LogP contribution in [0.4, 0.5) is 11.6 Å². The number of aromatic nitrogens is 3. The first-order chi connectivity index (χ1) is 15.4. The van der Waals surface area contributed by atoms with Crippen LogP contribution < -0.4 is 16.6 Å². The summed E-state index contributed by atoms with van der Waals surface area (Å²) >= 11 is 0. The molecule has 0 saturated carbocycles. The molecule has 0 saturated heterocycles. The maximum absolute atomic E-state index is 12.7. The Labute approximate surface area is 182 Å². The Morgan fingerprint density at radius 3 is 2.56 bits per heavy atom. The summed E-state index contributed by atoms with van der Waals surface area (Å²) in [7, 11) is 0. The number of rotatable bonds is 7. The predicted molar refractivity (Wildman–Crippen MR) is 121 cm³/mol. The molecular formula is C23H21N5O4. The molecule has 6 N–H and O–H groups in total. The predicted octanol–water partition coefficient (Wildman–Crippen LogP) is 2.69. The standard InChI is InChI=1S/C23H21N5O4/c24-23-27-20-19(22(32)28-23)16(12-25-20)11-13-5-7-15(8-6-13)21(31)26-17-4-2-1-3-14(17)9-10-18(29)30/h1-8,12H,9-11H2,(H,26,31)(H,29,30)(H4,24,25,27,28,32). The van der Waals surface area contributed by atoms with Crippen molar-refractivity contribution in [1.29, 1.82) is 0 Å². The van der Waals surface area contributed by atoms with Gasteiger partial charge in [0.25, 0.3) is 11.5 Å². The van der Waals surface area contributed by atoms with Gasteiger partial charge in [-0.3, -0.25) is 19.4 Å². The SMILES string of the molecule is Nc1nc2[nH]cc(Cc3ccc(C(=O)Nc4ccccc4CCC(=O)O)cc3)c2c(=O)[nH]1. The van der Waals surface area contributed by atoms with E-state index in [1.807, 2.05) is 12.1 Å². The Morgan fingerprint density at radius 2 is 1.81 bits per heavy atom. The molecule has 32 heavy (non-hydrogen) atoms. The monoisotopic (exact) mass is 431 g/mol. The Hall–Kier alpha value is -4.40. The van der Waals surface area contributed by atoms with Crippen molar-refractivity contribution in [2.75, 3.05) is 11.1 Å². The van der Waals surface area contributed by atoms with Crippen molar-refractivity contribution in [3.63, 3.8) is 0 Å².